The van der Waals surface area contributed by atoms with Crippen LogP contribution in [0.3, 0.4) is 0 Å². The van der Waals surface area contributed by atoms with Crippen LogP contribution in [0.2, 0.25) is 0 Å². The standard InChI is InChI=1S/C8H12N2O2S2/c1-11-5-3(9)7(13)6(12-2)8(14)4(5)10/h13-14H,9-10H2,1-2H3. The van der Waals surface area contributed by atoms with Gasteiger partial charge < -0.3 is 20.9 Å². The molecule has 0 atom stereocenters. The van der Waals surface area contributed by atoms with Gasteiger partial charge in [-0.15, -0.1) is 25.3 Å². The Labute approximate surface area is 93.4 Å². The molecule has 1 aromatic carbocycles. The van der Waals surface area contributed by atoms with Crippen LogP contribution in [0.25, 0.3) is 0 Å². The zero-order valence-corrected chi connectivity index (χ0v) is 9.65. The van der Waals surface area contributed by atoms with Gasteiger partial charge in [-0.2, -0.15) is 0 Å². The molecule has 0 heterocycles. The molecule has 0 saturated heterocycles. The minimum absolute atomic E-state index is 0.350. The number of nitrogen functional groups attached to an aromatic ring is 2. The summed E-state index contributed by atoms with van der Waals surface area (Å²) in [4.78, 5) is 0.951. The van der Waals surface area contributed by atoms with Gasteiger partial charge in [0.25, 0.3) is 0 Å². The fraction of sp³-hybridized carbons (Fsp3) is 0.250. The maximum absolute atomic E-state index is 5.74. The lowest BCUT2D eigenvalue weighted by Gasteiger charge is -2.16. The van der Waals surface area contributed by atoms with Crippen LogP contribution in [-0.4, -0.2) is 14.2 Å². The van der Waals surface area contributed by atoms with E-state index in [1.807, 2.05) is 0 Å². The van der Waals surface area contributed by atoms with Crippen molar-refractivity contribution in [1.29, 1.82) is 0 Å². The van der Waals surface area contributed by atoms with E-state index in [1.165, 1.54) is 14.2 Å². The van der Waals surface area contributed by atoms with Crippen LogP contribution < -0.4 is 20.9 Å². The van der Waals surface area contributed by atoms with Crippen molar-refractivity contribution in [3.8, 4) is 11.5 Å². The van der Waals surface area contributed by atoms with E-state index in [4.69, 9.17) is 20.9 Å². The third-order valence-electron chi connectivity index (χ3n) is 1.84. The van der Waals surface area contributed by atoms with Gasteiger partial charge in [0.1, 0.15) is 5.75 Å². The first kappa shape index (κ1) is 11.2. The summed E-state index contributed by atoms with van der Waals surface area (Å²) in [5.74, 6) is 0.827. The molecule has 1 aromatic rings. The highest BCUT2D eigenvalue weighted by molar-refractivity contribution is 7.81. The molecular weight excluding hydrogens is 220 g/mol. The largest absolute Gasteiger partial charge is 0.494 e. The lowest BCUT2D eigenvalue weighted by atomic mass is 10.2. The minimum atomic E-state index is 0.350. The first-order valence-corrected chi connectivity index (χ1v) is 4.64. The molecular formula is C8H12N2O2S2. The molecule has 1 rings (SSSR count). The lowest BCUT2D eigenvalue weighted by molar-refractivity contribution is 0.388. The van der Waals surface area contributed by atoms with Gasteiger partial charge in [0.05, 0.1) is 35.4 Å². The molecule has 0 aliphatic heterocycles. The van der Waals surface area contributed by atoms with E-state index in [-0.39, 0.29) is 0 Å². The van der Waals surface area contributed by atoms with E-state index < -0.39 is 0 Å². The highest BCUT2D eigenvalue weighted by Gasteiger charge is 2.18. The number of methoxy groups -OCH3 is 2. The molecule has 0 spiro atoms. The number of nitrogens with two attached hydrogens (primary N) is 2. The monoisotopic (exact) mass is 232 g/mol. The molecule has 78 valence electrons. The van der Waals surface area contributed by atoms with Crippen molar-refractivity contribution < 1.29 is 9.47 Å². The number of rotatable bonds is 2. The van der Waals surface area contributed by atoms with Gasteiger partial charge in [0, 0.05) is 0 Å². The third kappa shape index (κ3) is 1.55. The van der Waals surface area contributed by atoms with Gasteiger partial charge in [-0.1, -0.05) is 0 Å². The molecule has 4 N–H and O–H groups in total. The molecule has 0 saturated carbocycles. The van der Waals surface area contributed by atoms with Gasteiger partial charge >= 0.3 is 0 Å². The Morgan fingerprint density at radius 2 is 1.21 bits per heavy atom. The van der Waals surface area contributed by atoms with Crippen molar-refractivity contribution in [2.45, 2.75) is 9.79 Å². The summed E-state index contributed by atoms with van der Waals surface area (Å²) in [7, 11) is 2.98. The SMILES string of the molecule is COc1c(N)c(S)c(OC)c(S)c1N. The Morgan fingerprint density at radius 1 is 0.857 bits per heavy atom. The summed E-state index contributed by atoms with van der Waals surface area (Å²) in [5, 5.41) is 0. The van der Waals surface area contributed by atoms with Crippen LogP contribution in [0.1, 0.15) is 0 Å². The van der Waals surface area contributed by atoms with Crippen LogP contribution in [0.5, 0.6) is 11.5 Å². The minimum Gasteiger partial charge on any atom is -0.494 e. The Balaban J connectivity index is 3.55. The number of thiol groups is 2. The molecule has 4 nitrogen and oxygen atoms in total. The average Bonchev–Trinajstić information content (AvgIpc) is 2.17. The average molecular weight is 232 g/mol. The molecule has 0 unspecified atom stereocenters. The number of hydrogen-bond acceptors (Lipinski definition) is 6. The smallest absolute Gasteiger partial charge is 0.167 e. The van der Waals surface area contributed by atoms with Crippen molar-refractivity contribution in [2.24, 2.45) is 0 Å². The van der Waals surface area contributed by atoms with Gasteiger partial charge in [-0.25, -0.2) is 0 Å². The fourth-order valence-electron chi connectivity index (χ4n) is 1.13. The first-order chi connectivity index (χ1) is 6.54. The second-order valence-corrected chi connectivity index (χ2v) is 3.49. The number of hydrogen-bond donors (Lipinski definition) is 4. The van der Waals surface area contributed by atoms with Gasteiger partial charge in [-0.05, 0) is 0 Å². The van der Waals surface area contributed by atoms with Crippen LogP contribution in [-0.2, 0) is 0 Å². The molecule has 0 aliphatic rings. The number of benzene rings is 1. The van der Waals surface area contributed by atoms with E-state index in [2.05, 4.69) is 25.3 Å². The molecule has 0 radical (unpaired) electrons. The van der Waals surface area contributed by atoms with Crippen molar-refractivity contribution in [3.63, 3.8) is 0 Å². The van der Waals surface area contributed by atoms with Crippen LogP contribution in [0, 0.1) is 0 Å². The van der Waals surface area contributed by atoms with Crippen molar-refractivity contribution in [2.75, 3.05) is 25.7 Å². The van der Waals surface area contributed by atoms with Crippen molar-refractivity contribution >= 4 is 36.6 Å². The van der Waals surface area contributed by atoms with Gasteiger partial charge in [0.2, 0.25) is 0 Å². The molecule has 0 aliphatic carbocycles. The molecule has 0 bridgehead atoms. The van der Waals surface area contributed by atoms with Crippen molar-refractivity contribution in [3.05, 3.63) is 0 Å². The highest BCUT2D eigenvalue weighted by Crippen LogP contribution is 2.46. The summed E-state index contributed by atoms with van der Waals surface area (Å²) in [5.41, 5.74) is 12.2. The lowest BCUT2D eigenvalue weighted by Crippen LogP contribution is -2.02. The topological polar surface area (TPSA) is 70.5 Å². The van der Waals surface area contributed by atoms with E-state index >= 15 is 0 Å². The second kappa shape index (κ2) is 4.10. The van der Waals surface area contributed by atoms with Gasteiger partial charge in [-0.3, -0.25) is 0 Å². The Hall–Kier alpha value is -0.880. The van der Waals surface area contributed by atoms with Crippen LogP contribution in [0.15, 0.2) is 9.79 Å². The van der Waals surface area contributed by atoms with E-state index in [1.54, 1.807) is 0 Å². The third-order valence-corrected chi connectivity index (χ3v) is 2.73. The van der Waals surface area contributed by atoms with E-state index in [9.17, 15) is 0 Å². The number of anilines is 2. The number of ether oxygens (including phenoxy) is 2. The van der Waals surface area contributed by atoms with Crippen LogP contribution in [0.4, 0.5) is 11.4 Å². The molecule has 0 amide bonds. The van der Waals surface area contributed by atoms with E-state index in [0.717, 1.165) is 0 Å². The molecule has 14 heavy (non-hydrogen) atoms. The predicted octanol–water partition coefficient (Wildman–Crippen LogP) is 1.45. The highest BCUT2D eigenvalue weighted by atomic mass is 32.1. The Bertz CT molecular complexity index is 305. The summed E-state index contributed by atoms with van der Waals surface area (Å²) in [6.07, 6.45) is 0. The predicted molar refractivity (Wildman–Crippen MR) is 62.9 cm³/mol. The zero-order chi connectivity index (χ0) is 10.9. The van der Waals surface area contributed by atoms with E-state index in [0.29, 0.717) is 32.7 Å². The molecule has 6 heteroatoms. The normalized spacial score (nSPS) is 10.0. The first-order valence-electron chi connectivity index (χ1n) is 3.75. The summed E-state index contributed by atoms with van der Waals surface area (Å²) in [6, 6.07) is 0. The maximum atomic E-state index is 5.74. The molecule has 0 fully saturated rings. The second-order valence-electron chi connectivity index (χ2n) is 2.59. The summed E-state index contributed by atoms with van der Waals surface area (Å²) < 4.78 is 10.1. The fourth-order valence-corrected chi connectivity index (χ4v) is 1.83. The van der Waals surface area contributed by atoms with Gasteiger partial charge in [0.15, 0.2) is 5.75 Å². The quantitative estimate of drug-likeness (QED) is 0.460. The molecule has 0 aromatic heterocycles. The van der Waals surface area contributed by atoms with Crippen LogP contribution >= 0.6 is 25.3 Å². The Morgan fingerprint density at radius 3 is 1.50 bits per heavy atom. The van der Waals surface area contributed by atoms with Crippen molar-refractivity contribution in [1.82, 2.24) is 0 Å². The Kier molecular flexibility index (Phi) is 3.28. The summed E-state index contributed by atoms with van der Waals surface area (Å²) >= 11 is 8.40. The zero-order valence-electron chi connectivity index (χ0n) is 7.87. The summed E-state index contributed by atoms with van der Waals surface area (Å²) in [6.45, 7) is 0. The maximum Gasteiger partial charge on any atom is 0.167 e.